The second-order valence-electron chi connectivity index (χ2n) is 3.41. The molecule has 4 nitrogen and oxygen atoms in total. The van der Waals surface area contributed by atoms with E-state index in [1.54, 1.807) is 11.3 Å². The van der Waals surface area contributed by atoms with Gasteiger partial charge in [0.05, 0.1) is 0 Å². The van der Waals surface area contributed by atoms with Gasteiger partial charge in [-0.3, -0.25) is 9.59 Å². The van der Waals surface area contributed by atoms with Crippen molar-refractivity contribution in [1.29, 1.82) is 0 Å². The van der Waals surface area contributed by atoms with Gasteiger partial charge in [-0.05, 0) is 17.9 Å². The summed E-state index contributed by atoms with van der Waals surface area (Å²) in [5, 5.41) is 7.37. The molecular weight excluding hydrogens is 224 g/mol. The van der Waals surface area contributed by atoms with Crippen molar-refractivity contribution in [2.24, 2.45) is 0 Å². The maximum Gasteiger partial charge on any atom is 0.220 e. The summed E-state index contributed by atoms with van der Waals surface area (Å²) in [5.74, 6) is -0.0495. The van der Waals surface area contributed by atoms with Crippen LogP contribution in [0.2, 0.25) is 0 Å². The Balaban J connectivity index is 2.05. The molecule has 88 valence electrons. The van der Waals surface area contributed by atoms with Crippen molar-refractivity contribution in [1.82, 2.24) is 10.6 Å². The molecule has 0 aliphatic carbocycles. The van der Waals surface area contributed by atoms with E-state index in [0.717, 1.165) is 6.42 Å². The Kier molecular flexibility index (Phi) is 5.56. The van der Waals surface area contributed by atoms with Gasteiger partial charge < -0.3 is 10.6 Å². The average molecular weight is 240 g/mol. The maximum atomic E-state index is 11.4. The molecule has 0 aromatic carbocycles. The molecule has 16 heavy (non-hydrogen) atoms. The molecule has 0 aliphatic rings. The van der Waals surface area contributed by atoms with Crippen molar-refractivity contribution in [2.75, 3.05) is 13.1 Å². The van der Waals surface area contributed by atoms with Crippen LogP contribution in [-0.2, 0) is 16.0 Å². The summed E-state index contributed by atoms with van der Waals surface area (Å²) in [6, 6.07) is 4.00. The highest BCUT2D eigenvalue weighted by Crippen LogP contribution is 2.10. The second kappa shape index (κ2) is 7.00. The van der Waals surface area contributed by atoms with E-state index in [4.69, 9.17) is 0 Å². The molecule has 2 amide bonds. The third-order valence-corrected chi connectivity index (χ3v) is 2.94. The third kappa shape index (κ3) is 5.50. The number of hydrogen-bond acceptors (Lipinski definition) is 3. The fourth-order valence-electron chi connectivity index (χ4n) is 1.22. The summed E-state index contributed by atoms with van der Waals surface area (Å²) in [4.78, 5) is 23.1. The monoisotopic (exact) mass is 240 g/mol. The first-order chi connectivity index (χ1) is 7.68. The zero-order valence-corrected chi connectivity index (χ0v) is 10.1. The van der Waals surface area contributed by atoms with E-state index in [1.807, 2.05) is 17.5 Å². The van der Waals surface area contributed by atoms with Crippen LogP contribution in [0.5, 0.6) is 0 Å². The lowest BCUT2D eigenvalue weighted by Gasteiger charge is -2.04. The van der Waals surface area contributed by atoms with Gasteiger partial charge in [-0.1, -0.05) is 6.07 Å². The van der Waals surface area contributed by atoms with Crippen LogP contribution >= 0.6 is 11.3 Å². The largest absolute Gasteiger partial charge is 0.355 e. The second-order valence-corrected chi connectivity index (χ2v) is 4.44. The van der Waals surface area contributed by atoms with E-state index < -0.39 is 0 Å². The minimum atomic E-state index is -0.0761. The van der Waals surface area contributed by atoms with Crippen molar-refractivity contribution < 1.29 is 9.59 Å². The highest BCUT2D eigenvalue weighted by atomic mass is 32.1. The number of amides is 2. The molecule has 1 heterocycles. The average Bonchev–Trinajstić information content (AvgIpc) is 2.74. The highest BCUT2D eigenvalue weighted by Gasteiger charge is 2.02. The lowest BCUT2D eigenvalue weighted by atomic mass is 10.2. The summed E-state index contributed by atoms with van der Waals surface area (Å²) in [7, 11) is 0. The number of carbonyl (C=O) groups excluding carboxylic acids is 2. The van der Waals surface area contributed by atoms with Crippen LogP contribution in [0.25, 0.3) is 0 Å². The normalized spacial score (nSPS) is 9.81. The van der Waals surface area contributed by atoms with Crippen LogP contribution in [-0.4, -0.2) is 24.9 Å². The van der Waals surface area contributed by atoms with E-state index in [2.05, 4.69) is 10.6 Å². The minimum Gasteiger partial charge on any atom is -0.355 e. The van der Waals surface area contributed by atoms with Crippen LogP contribution < -0.4 is 10.6 Å². The molecule has 2 N–H and O–H groups in total. The fraction of sp³-hybridized carbons (Fsp3) is 0.455. The smallest absolute Gasteiger partial charge is 0.220 e. The van der Waals surface area contributed by atoms with Crippen LogP contribution in [0.4, 0.5) is 0 Å². The predicted octanol–water partition coefficient (Wildman–Crippen LogP) is 0.933. The van der Waals surface area contributed by atoms with Gasteiger partial charge in [0.2, 0.25) is 11.8 Å². The van der Waals surface area contributed by atoms with Gasteiger partial charge in [0, 0.05) is 31.3 Å². The lowest BCUT2D eigenvalue weighted by Crippen LogP contribution is -2.33. The number of nitrogens with one attached hydrogen (secondary N) is 2. The van der Waals surface area contributed by atoms with Crippen molar-refractivity contribution >= 4 is 23.2 Å². The third-order valence-electron chi connectivity index (χ3n) is 2.00. The van der Waals surface area contributed by atoms with Crippen molar-refractivity contribution in [3.8, 4) is 0 Å². The molecule has 0 unspecified atom stereocenters. The van der Waals surface area contributed by atoms with Gasteiger partial charge in [0.15, 0.2) is 0 Å². The summed E-state index contributed by atoms with van der Waals surface area (Å²) in [5.41, 5.74) is 0. The Hall–Kier alpha value is -1.36. The molecule has 5 heteroatoms. The predicted molar refractivity (Wildman–Crippen MR) is 64.3 cm³/mol. The molecule has 0 aliphatic heterocycles. The molecule has 0 fully saturated rings. The first-order valence-corrected chi connectivity index (χ1v) is 6.10. The molecule has 0 atom stereocenters. The Bertz CT molecular complexity index is 336. The number of aryl methyl sites for hydroxylation is 1. The van der Waals surface area contributed by atoms with Gasteiger partial charge in [-0.15, -0.1) is 11.3 Å². The molecule has 0 radical (unpaired) electrons. The maximum absolute atomic E-state index is 11.4. The Morgan fingerprint density at radius 2 is 2.06 bits per heavy atom. The quantitative estimate of drug-likeness (QED) is 0.727. The molecule has 1 aromatic rings. The minimum absolute atomic E-state index is 0.0266. The first kappa shape index (κ1) is 12.7. The lowest BCUT2D eigenvalue weighted by molar-refractivity contribution is -0.122. The number of carbonyl (C=O) groups is 2. The zero-order valence-electron chi connectivity index (χ0n) is 9.29. The van der Waals surface area contributed by atoms with Gasteiger partial charge in [-0.2, -0.15) is 0 Å². The van der Waals surface area contributed by atoms with E-state index >= 15 is 0 Å². The Morgan fingerprint density at radius 1 is 1.31 bits per heavy atom. The van der Waals surface area contributed by atoms with E-state index in [9.17, 15) is 9.59 Å². The van der Waals surface area contributed by atoms with Gasteiger partial charge >= 0.3 is 0 Å². The summed E-state index contributed by atoms with van der Waals surface area (Å²) in [6.07, 6.45) is 1.28. The number of thiophene rings is 1. The molecule has 0 spiro atoms. The topological polar surface area (TPSA) is 58.2 Å². The SMILES string of the molecule is CC(=O)NCCNC(=O)CCc1cccs1. The zero-order chi connectivity index (χ0) is 11.8. The van der Waals surface area contributed by atoms with Crippen molar-refractivity contribution in [3.63, 3.8) is 0 Å². The summed E-state index contributed by atoms with van der Waals surface area (Å²) >= 11 is 1.66. The van der Waals surface area contributed by atoms with Crippen LogP contribution in [0.15, 0.2) is 17.5 Å². The van der Waals surface area contributed by atoms with E-state index in [0.29, 0.717) is 19.5 Å². The van der Waals surface area contributed by atoms with Gasteiger partial charge in [0.25, 0.3) is 0 Å². The Morgan fingerprint density at radius 3 is 2.69 bits per heavy atom. The van der Waals surface area contributed by atoms with E-state index in [-0.39, 0.29) is 11.8 Å². The number of rotatable bonds is 6. The molecular formula is C11H16N2O2S. The molecule has 1 aromatic heterocycles. The number of hydrogen-bond donors (Lipinski definition) is 2. The summed E-state index contributed by atoms with van der Waals surface area (Å²) < 4.78 is 0. The van der Waals surface area contributed by atoms with Crippen LogP contribution in [0.3, 0.4) is 0 Å². The fourth-order valence-corrected chi connectivity index (χ4v) is 1.93. The molecule has 0 saturated heterocycles. The molecule has 0 saturated carbocycles. The van der Waals surface area contributed by atoms with Gasteiger partial charge in [0.1, 0.15) is 0 Å². The van der Waals surface area contributed by atoms with Crippen molar-refractivity contribution in [2.45, 2.75) is 19.8 Å². The van der Waals surface area contributed by atoms with Crippen molar-refractivity contribution in [3.05, 3.63) is 22.4 Å². The summed E-state index contributed by atoms with van der Waals surface area (Å²) in [6.45, 7) is 2.43. The Labute approximate surface area is 99.0 Å². The van der Waals surface area contributed by atoms with Crippen LogP contribution in [0, 0.1) is 0 Å². The first-order valence-electron chi connectivity index (χ1n) is 5.22. The highest BCUT2D eigenvalue weighted by molar-refractivity contribution is 7.09. The molecule has 1 rings (SSSR count). The van der Waals surface area contributed by atoms with Gasteiger partial charge in [-0.25, -0.2) is 0 Å². The van der Waals surface area contributed by atoms with Crippen LogP contribution in [0.1, 0.15) is 18.2 Å². The molecule has 0 bridgehead atoms. The van der Waals surface area contributed by atoms with E-state index in [1.165, 1.54) is 11.8 Å². The standard InChI is InChI=1S/C11H16N2O2S/c1-9(14)12-6-7-13-11(15)5-4-10-3-2-8-16-10/h2-3,8H,4-7H2,1H3,(H,12,14)(H,13,15).